The second kappa shape index (κ2) is 8.19. The summed E-state index contributed by atoms with van der Waals surface area (Å²) < 4.78 is 5.92. The quantitative estimate of drug-likeness (QED) is 0.521. The first-order chi connectivity index (χ1) is 16.2. The van der Waals surface area contributed by atoms with E-state index in [9.17, 15) is 9.59 Å². The maximum absolute atomic E-state index is 14.4. The maximum Gasteiger partial charge on any atom is 0.269 e. The molecule has 3 heterocycles. The standard InChI is InChI=1S/C28H32N2O3S/c1-6-8-9-19-10-12-20(13-11-19)29-24(31)17-34-28(29)23-15-21(33-7-2)14-22-18(3)16-27(4,5)30(25(22)23)26(28)32/h10-16H,6-9,17H2,1-5H3/t28-/m1/s1. The number of benzene rings is 2. The van der Waals surface area contributed by atoms with Gasteiger partial charge in [-0.05, 0) is 75.9 Å². The lowest BCUT2D eigenvalue weighted by molar-refractivity contribution is -0.124. The molecule has 34 heavy (non-hydrogen) atoms. The highest BCUT2D eigenvalue weighted by Crippen LogP contribution is 2.60. The van der Waals surface area contributed by atoms with E-state index in [0.29, 0.717) is 6.61 Å². The largest absolute Gasteiger partial charge is 0.494 e. The first-order valence-corrected chi connectivity index (χ1v) is 13.1. The zero-order valence-electron chi connectivity index (χ0n) is 20.6. The molecule has 0 saturated carbocycles. The minimum atomic E-state index is -1.13. The average molecular weight is 477 g/mol. The van der Waals surface area contributed by atoms with Crippen molar-refractivity contribution in [3.05, 3.63) is 59.2 Å². The predicted molar refractivity (Wildman–Crippen MR) is 140 cm³/mol. The lowest BCUT2D eigenvalue weighted by Crippen LogP contribution is -2.54. The number of hydrogen-bond donors (Lipinski definition) is 0. The highest BCUT2D eigenvalue weighted by molar-refractivity contribution is 8.02. The van der Waals surface area contributed by atoms with E-state index in [4.69, 9.17) is 4.74 Å². The van der Waals surface area contributed by atoms with E-state index in [2.05, 4.69) is 45.9 Å². The number of unbranched alkanes of at least 4 members (excludes halogenated alkanes) is 1. The van der Waals surface area contributed by atoms with Crippen LogP contribution in [-0.2, 0) is 20.9 Å². The van der Waals surface area contributed by atoms with Crippen LogP contribution in [0.2, 0.25) is 0 Å². The molecule has 0 aromatic heterocycles. The highest BCUT2D eigenvalue weighted by Gasteiger charge is 2.64. The molecule has 2 aromatic carbocycles. The van der Waals surface area contributed by atoms with Crippen LogP contribution in [0.15, 0.2) is 42.5 Å². The Labute approximate surface area is 206 Å². The summed E-state index contributed by atoms with van der Waals surface area (Å²) in [5, 5.41) is 0. The van der Waals surface area contributed by atoms with Crippen LogP contribution >= 0.6 is 11.8 Å². The van der Waals surface area contributed by atoms with E-state index < -0.39 is 10.4 Å². The Morgan fingerprint density at radius 3 is 2.47 bits per heavy atom. The fourth-order valence-corrected chi connectivity index (χ4v) is 6.92. The summed E-state index contributed by atoms with van der Waals surface area (Å²) in [4.78, 5) is 30.2. The SMILES string of the molecule is CCCCc1ccc(N2C(=O)CS[C@]23C(=O)N2c4c(cc(OCC)cc43)C(C)=CC2(C)C)cc1. The van der Waals surface area contributed by atoms with Gasteiger partial charge in [-0.15, -0.1) is 11.8 Å². The number of rotatable bonds is 6. The number of thioether (sulfide) groups is 1. The molecule has 0 radical (unpaired) electrons. The van der Waals surface area contributed by atoms with Crippen LogP contribution in [0.1, 0.15) is 64.2 Å². The summed E-state index contributed by atoms with van der Waals surface area (Å²) in [6, 6.07) is 12.2. The maximum atomic E-state index is 14.4. The summed E-state index contributed by atoms with van der Waals surface area (Å²) in [6.45, 7) is 10.9. The molecule has 0 bridgehead atoms. The Morgan fingerprint density at radius 1 is 1.06 bits per heavy atom. The molecule has 6 heteroatoms. The van der Waals surface area contributed by atoms with E-state index in [1.807, 2.05) is 36.1 Å². The molecule has 1 fully saturated rings. The lowest BCUT2D eigenvalue weighted by atomic mass is 9.89. The summed E-state index contributed by atoms with van der Waals surface area (Å²) in [5.41, 5.74) is 5.39. The number of carbonyl (C=O) groups is 2. The normalized spacial score (nSPS) is 22.4. The molecule has 2 amide bonds. The monoisotopic (exact) mass is 476 g/mol. The van der Waals surface area contributed by atoms with E-state index >= 15 is 0 Å². The van der Waals surface area contributed by atoms with Crippen molar-refractivity contribution in [3.8, 4) is 5.75 Å². The third-order valence-electron chi connectivity index (χ3n) is 7.03. The Bertz CT molecular complexity index is 1200. The van der Waals surface area contributed by atoms with Gasteiger partial charge in [-0.25, -0.2) is 0 Å². The molecule has 3 aliphatic rings. The van der Waals surface area contributed by atoms with Crippen LogP contribution in [0.3, 0.4) is 0 Å². The molecule has 0 unspecified atom stereocenters. The van der Waals surface area contributed by atoms with Gasteiger partial charge in [0.15, 0.2) is 0 Å². The van der Waals surface area contributed by atoms with Crippen LogP contribution in [0.5, 0.6) is 5.75 Å². The van der Waals surface area contributed by atoms with Crippen molar-refractivity contribution in [1.29, 1.82) is 0 Å². The Kier molecular flexibility index (Phi) is 5.55. The molecule has 5 rings (SSSR count). The van der Waals surface area contributed by atoms with Gasteiger partial charge in [0.1, 0.15) is 5.75 Å². The van der Waals surface area contributed by atoms with Crippen molar-refractivity contribution >= 4 is 40.5 Å². The molecule has 1 atom stereocenters. The first kappa shape index (κ1) is 23.0. The van der Waals surface area contributed by atoms with E-state index in [1.54, 1.807) is 4.90 Å². The Hall–Kier alpha value is -2.73. The van der Waals surface area contributed by atoms with Gasteiger partial charge in [0, 0.05) is 16.8 Å². The number of hydrogen-bond acceptors (Lipinski definition) is 4. The van der Waals surface area contributed by atoms with Gasteiger partial charge >= 0.3 is 0 Å². The van der Waals surface area contributed by atoms with E-state index in [0.717, 1.165) is 53.1 Å². The average Bonchev–Trinajstić information content (AvgIpc) is 3.27. The molecular weight excluding hydrogens is 444 g/mol. The molecule has 178 valence electrons. The zero-order valence-corrected chi connectivity index (χ0v) is 21.4. The number of nitrogens with zero attached hydrogens (tertiary/aromatic N) is 2. The van der Waals surface area contributed by atoms with Gasteiger partial charge in [-0.3, -0.25) is 19.4 Å². The molecule has 5 nitrogen and oxygen atoms in total. The fraction of sp³-hybridized carbons (Fsp3) is 0.429. The third-order valence-corrected chi connectivity index (χ3v) is 8.42. The number of amides is 2. The molecule has 3 aliphatic heterocycles. The molecule has 0 aliphatic carbocycles. The van der Waals surface area contributed by atoms with Crippen molar-refractivity contribution in [2.75, 3.05) is 22.2 Å². The number of carbonyl (C=O) groups excluding carboxylic acids is 2. The van der Waals surface area contributed by atoms with Gasteiger partial charge in [-0.1, -0.05) is 31.6 Å². The number of aryl methyl sites for hydroxylation is 1. The summed E-state index contributed by atoms with van der Waals surface area (Å²) in [7, 11) is 0. The van der Waals surface area contributed by atoms with Crippen LogP contribution in [0.25, 0.3) is 5.57 Å². The Balaban J connectivity index is 1.70. The zero-order chi connectivity index (χ0) is 24.3. The van der Waals surface area contributed by atoms with Gasteiger partial charge in [0.05, 0.1) is 23.6 Å². The molecule has 0 N–H and O–H groups in total. The van der Waals surface area contributed by atoms with Crippen molar-refractivity contribution in [2.24, 2.45) is 0 Å². The van der Waals surface area contributed by atoms with Gasteiger partial charge in [0.25, 0.3) is 5.91 Å². The van der Waals surface area contributed by atoms with Crippen molar-refractivity contribution in [1.82, 2.24) is 0 Å². The second-order valence-corrected chi connectivity index (χ2v) is 11.0. The number of fused-ring (bicyclic) bond motifs is 1. The number of ether oxygens (including phenoxy) is 1. The molecule has 1 spiro atoms. The first-order valence-electron chi connectivity index (χ1n) is 12.2. The third kappa shape index (κ3) is 3.22. The van der Waals surface area contributed by atoms with Crippen LogP contribution in [0, 0.1) is 0 Å². The smallest absolute Gasteiger partial charge is 0.269 e. The summed E-state index contributed by atoms with van der Waals surface area (Å²) >= 11 is 1.42. The van der Waals surface area contributed by atoms with Crippen molar-refractivity contribution in [2.45, 2.75) is 64.3 Å². The molecule has 2 aromatic rings. The minimum Gasteiger partial charge on any atom is -0.494 e. The van der Waals surface area contributed by atoms with Gasteiger partial charge < -0.3 is 4.74 Å². The van der Waals surface area contributed by atoms with Gasteiger partial charge in [-0.2, -0.15) is 0 Å². The van der Waals surface area contributed by atoms with Crippen LogP contribution in [-0.4, -0.2) is 29.7 Å². The second-order valence-electron chi connectivity index (χ2n) is 9.85. The highest BCUT2D eigenvalue weighted by atomic mass is 32.2. The van der Waals surface area contributed by atoms with E-state index in [-0.39, 0.29) is 17.6 Å². The van der Waals surface area contributed by atoms with E-state index in [1.165, 1.54) is 17.3 Å². The minimum absolute atomic E-state index is 0.0439. The topological polar surface area (TPSA) is 49.9 Å². The summed E-state index contributed by atoms with van der Waals surface area (Å²) in [5.74, 6) is 0.889. The number of allylic oxidation sites excluding steroid dienone is 1. The Morgan fingerprint density at radius 2 is 1.79 bits per heavy atom. The fourth-order valence-electron chi connectivity index (χ4n) is 5.59. The predicted octanol–water partition coefficient (Wildman–Crippen LogP) is 5.90. The molecule has 1 saturated heterocycles. The van der Waals surface area contributed by atoms with Crippen molar-refractivity contribution in [3.63, 3.8) is 0 Å². The van der Waals surface area contributed by atoms with Crippen LogP contribution < -0.4 is 14.5 Å². The molecular formula is C28H32N2O3S. The lowest BCUT2D eigenvalue weighted by Gasteiger charge is -2.40. The van der Waals surface area contributed by atoms with Gasteiger partial charge in [0.2, 0.25) is 10.8 Å². The summed E-state index contributed by atoms with van der Waals surface area (Å²) in [6.07, 6.45) is 5.43. The van der Waals surface area contributed by atoms with Crippen molar-refractivity contribution < 1.29 is 14.3 Å². The number of anilines is 2. The van der Waals surface area contributed by atoms with Crippen LogP contribution in [0.4, 0.5) is 11.4 Å².